The van der Waals surface area contributed by atoms with E-state index in [1.807, 2.05) is 26.0 Å². The van der Waals surface area contributed by atoms with Crippen LogP contribution in [-0.4, -0.2) is 4.98 Å². The van der Waals surface area contributed by atoms with Crippen molar-refractivity contribution in [3.63, 3.8) is 0 Å². The molecule has 0 saturated carbocycles. The lowest BCUT2D eigenvalue weighted by Crippen LogP contribution is -2.17. The Morgan fingerprint density at radius 1 is 1.06 bits per heavy atom. The first-order valence-corrected chi connectivity index (χ1v) is 14.9. The first kappa shape index (κ1) is 35.8. The highest BCUT2D eigenvalue weighted by molar-refractivity contribution is 7.09. The van der Waals surface area contributed by atoms with Gasteiger partial charge < -0.3 is 0 Å². The van der Waals surface area contributed by atoms with Gasteiger partial charge >= 0.3 is 0 Å². The van der Waals surface area contributed by atoms with Gasteiger partial charge in [0.15, 0.2) is 0 Å². The Hall–Kier alpha value is -1.40. The van der Waals surface area contributed by atoms with Gasteiger partial charge in [0.2, 0.25) is 0 Å². The molecule has 0 spiro atoms. The Morgan fingerprint density at radius 2 is 1.66 bits per heavy atom. The molecule has 0 radical (unpaired) electrons. The zero-order valence-electron chi connectivity index (χ0n) is 25.0. The molecule has 0 amide bonds. The van der Waals surface area contributed by atoms with E-state index in [9.17, 15) is 0 Å². The summed E-state index contributed by atoms with van der Waals surface area (Å²) in [6.45, 7) is 25.7. The first-order chi connectivity index (χ1) is 16.4. The largest absolute Gasteiger partial charge is 0.242 e. The topological polar surface area (TPSA) is 36.7 Å². The zero-order chi connectivity index (χ0) is 27.3. The van der Waals surface area contributed by atoms with Crippen molar-refractivity contribution in [3.8, 4) is 6.07 Å². The standard InChI is InChI=1S/C16H34.C9H15N.C7H9NS/c1-6-8-10-15(4)11-9-12-16(5)13-14(3)7-2;1-5-6-8(7-10)9(2,3)4;1-3-4-7-5-9-6(2)8-7/h14-16H,6-13H2,1-5H3;5,8H,1,6H2,2-4H3;3-5H,1-2H3/b;;4-3-. The van der Waals surface area contributed by atoms with Gasteiger partial charge in [-0.3, -0.25) is 0 Å². The molecule has 0 aliphatic heterocycles. The molecule has 3 heteroatoms. The maximum absolute atomic E-state index is 8.69. The van der Waals surface area contributed by atoms with Crippen molar-refractivity contribution < 1.29 is 0 Å². The maximum atomic E-state index is 8.69. The lowest BCUT2D eigenvalue weighted by molar-refractivity contribution is 0.303. The number of unbranched alkanes of at least 4 members (excludes halogenated alkanes) is 1. The Labute approximate surface area is 224 Å². The van der Waals surface area contributed by atoms with Gasteiger partial charge in [-0.1, -0.05) is 112 Å². The number of aryl methyl sites for hydroxylation is 1. The van der Waals surface area contributed by atoms with E-state index in [0.29, 0.717) is 0 Å². The third kappa shape index (κ3) is 21.6. The summed E-state index contributed by atoms with van der Waals surface area (Å²) < 4.78 is 0. The van der Waals surface area contributed by atoms with Crippen LogP contribution in [0.15, 0.2) is 24.1 Å². The molecular weight excluding hydrogens is 444 g/mol. The second-order valence-electron chi connectivity index (χ2n) is 11.4. The molecular formula is C32H58N2S. The Kier molecular flexibility index (Phi) is 22.3. The lowest BCUT2D eigenvalue weighted by atomic mass is 9.80. The molecule has 1 rings (SSSR count). The summed E-state index contributed by atoms with van der Waals surface area (Å²) in [5.41, 5.74) is 1.16. The molecule has 0 N–H and O–H groups in total. The average Bonchev–Trinajstić information content (AvgIpc) is 3.20. The van der Waals surface area contributed by atoms with Gasteiger partial charge in [-0.2, -0.15) is 5.26 Å². The van der Waals surface area contributed by atoms with Crippen molar-refractivity contribution in [1.82, 2.24) is 4.98 Å². The Morgan fingerprint density at radius 3 is 2.06 bits per heavy atom. The van der Waals surface area contributed by atoms with Crippen LogP contribution < -0.4 is 0 Å². The van der Waals surface area contributed by atoms with Crippen LogP contribution in [0.4, 0.5) is 0 Å². The second-order valence-corrected chi connectivity index (χ2v) is 12.5. The SMILES string of the molecule is C/C=C\c1csc(C)n1.C=CCC(C#N)C(C)(C)C.CCCCC(C)CCCC(C)CC(C)CC. The number of thiazole rings is 1. The molecule has 4 atom stereocenters. The normalized spacial score (nSPS) is 14.5. The number of nitrogens with zero attached hydrogens (tertiary/aromatic N) is 2. The van der Waals surface area contributed by atoms with Crippen LogP contribution in [0.25, 0.3) is 6.08 Å². The van der Waals surface area contributed by atoms with Crippen LogP contribution >= 0.6 is 11.3 Å². The van der Waals surface area contributed by atoms with Crippen LogP contribution in [0.5, 0.6) is 0 Å². The monoisotopic (exact) mass is 502 g/mol. The van der Waals surface area contributed by atoms with Crippen LogP contribution in [0.2, 0.25) is 0 Å². The fraction of sp³-hybridized carbons (Fsp3) is 0.750. The highest BCUT2D eigenvalue weighted by Gasteiger charge is 2.22. The van der Waals surface area contributed by atoms with E-state index in [4.69, 9.17) is 5.26 Å². The number of nitriles is 1. The van der Waals surface area contributed by atoms with E-state index in [2.05, 4.69) is 78.4 Å². The predicted octanol–water partition coefficient (Wildman–Crippen LogP) is 11.3. The quantitative estimate of drug-likeness (QED) is 0.251. The van der Waals surface area contributed by atoms with Crippen molar-refractivity contribution >= 4 is 17.4 Å². The molecule has 0 aromatic carbocycles. The third-order valence-electron chi connectivity index (χ3n) is 6.52. The zero-order valence-corrected chi connectivity index (χ0v) is 25.8. The van der Waals surface area contributed by atoms with Crippen LogP contribution in [0.3, 0.4) is 0 Å². The third-order valence-corrected chi connectivity index (χ3v) is 7.32. The minimum absolute atomic E-state index is 0.0862. The second kappa shape index (κ2) is 21.8. The van der Waals surface area contributed by atoms with Gasteiger partial charge in [-0.25, -0.2) is 4.98 Å². The summed E-state index contributed by atoms with van der Waals surface area (Å²) in [6, 6.07) is 2.27. The van der Waals surface area contributed by atoms with Gasteiger partial charge in [0.05, 0.1) is 22.7 Å². The molecule has 35 heavy (non-hydrogen) atoms. The van der Waals surface area contributed by atoms with Crippen molar-refractivity contribution in [2.75, 3.05) is 0 Å². The number of allylic oxidation sites excluding steroid dienone is 2. The van der Waals surface area contributed by atoms with E-state index in [1.165, 1.54) is 51.4 Å². The van der Waals surface area contributed by atoms with E-state index in [1.54, 1.807) is 17.4 Å². The molecule has 0 bridgehead atoms. The predicted molar refractivity (Wildman–Crippen MR) is 161 cm³/mol. The van der Waals surface area contributed by atoms with Gasteiger partial charge in [-0.15, -0.1) is 17.9 Å². The number of aromatic nitrogens is 1. The molecule has 1 aromatic rings. The minimum atomic E-state index is 0.0862. The van der Waals surface area contributed by atoms with Crippen molar-refractivity contribution in [3.05, 3.63) is 34.8 Å². The minimum Gasteiger partial charge on any atom is -0.242 e. The summed E-state index contributed by atoms with van der Waals surface area (Å²) in [7, 11) is 0. The van der Waals surface area contributed by atoms with E-state index in [0.717, 1.165) is 34.9 Å². The fourth-order valence-corrected chi connectivity index (χ4v) is 4.46. The molecule has 0 aliphatic rings. The van der Waals surface area contributed by atoms with E-state index >= 15 is 0 Å². The van der Waals surface area contributed by atoms with Crippen LogP contribution in [0, 0.1) is 47.3 Å². The fourth-order valence-electron chi connectivity index (χ4n) is 3.88. The van der Waals surface area contributed by atoms with E-state index in [-0.39, 0.29) is 11.3 Å². The summed E-state index contributed by atoms with van der Waals surface area (Å²) in [6.07, 6.45) is 17.9. The van der Waals surface area contributed by atoms with Crippen molar-refractivity contribution in [2.45, 2.75) is 127 Å². The molecule has 0 saturated heterocycles. The van der Waals surface area contributed by atoms with Gasteiger partial charge in [0, 0.05) is 5.38 Å². The molecule has 0 aliphatic carbocycles. The summed E-state index contributed by atoms with van der Waals surface area (Å²) in [5, 5.41) is 11.9. The number of hydrogen-bond acceptors (Lipinski definition) is 3. The van der Waals surface area contributed by atoms with Gasteiger partial charge in [0.25, 0.3) is 0 Å². The number of rotatable bonds is 13. The smallest absolute Gasteiger partial charge is 0.0901 e. The summed E-state index contributed by atoms with van der Waals surface area (Å²) in [5.74, 6) is 2.92. The van der Waals surface area contributed by atoms with Crippen molar-refractivity contribution in [2.24, 2.45) is 29.1 Å². The van der Waals surface area contributed by atoms with Gasteiger partial charge in [-0.05, 0) is 55.9 Å². The molecule has 202 valence electrons. The Bertz CT molecular complexity index is 689. The molecule has 1 heterocycles. The maximum Gasteiger partial charge on any atom is 0.0901 e. The molecule has 0 fully saturated rings. The molecule has 2 nitrogen and oxygen atoms in total. The highest BCUT2D eigenvalue weighted by Crippen LogP contribution is 2.27. The highest BCUT2D eigenvalue weighted by atomic mass is 32.1. The summed E-state index contributed by atoms with van der Waals surface area (Å²) in [4.78, 5) is 4.23. The van der Waals surface area contributed by atoms with Crippen LogP contribution in [-0.2, 0) is 0 Å². The van der Waals surface area contributed by atoms with Crippen molar-refractivity contribution in [1.29, 1.82) is 5.26 Å². The first-order valence-electron chi connectivity index (χ1n) is 14.0. The van der Waals surface area contributed by atoms with Gasteiger partial charge in [0.1, 0.15) is 0 Å². The Balaban J connectivity index is 0. The lowest BCUT2D eigenvalue weighted by Gasteiger charge is -2.23. The number of hydrogen-bond donors (Lipinski definition) is 0. The summed E-state index contributed by atoms with van der Waals surface area (Å²) >= 11 is 1.68. The molecule has 4 unspecified atom stereocenters. The van der Waals surface area contributed by atoms with Crippen LogP contribution in [0.1, 0.15) is 131 Å². The van der Waals surface area contributed by atoms with E-state index < -0.39 is 0 Å². The average molecular weight is 503 g/mol. The molecule has 1 aromatic heterocycles.